The van der Waals surface area contributed by atoms with Crippen molar-refractivity contribution < 1.29 is 0 Å². The van der Waals surface area contributed by atoms with Crippen LogP contribution in [0.4, 0.5) is 0 Å². The molecule has 0 bridgehead atoms. The van der Waals surface area contributed by atoms with Crippen LogP contribution in [0.5, 0.6) is 0 Å². The number of rotatable bonds is 3. The highest BCUT2D eigenvalue weighted by Gasteiger charge is 2.43. The largest absolute Gasteiger partial charge is 0.329 e. The van der Waals surface area contributed by atoms with Crippen molar-refractivity contribution in [2.75, 3.05) is 31.1 Å². The Morgan fingerprint density at radius 3 is 2.63 bits per heavy atom. The van der Waals surface area contributed by atoms with Gasteiger partial charge in [-0.3, -0.25) is 4.90 Å². The second-order valence-electron chi connectivity index (χ2n) is 7.45. The number of hydrogen-bond acceptors (Lipinski definition) is 3. The van der Waals surface area contributed by atoms with E-state index >= 15 is 0 Å². The molecule has 2 heterocycles. The summed E-state index contributed by atoms with van der Waals surface area (Å²) in [5.74, 6) is 3.48. The van der Waals surface area contributed by atoms with E-state index in [1.165, 1.54) is 56.7 Å². The van der Waals surface area contributed by atoms with E-state index in [9.17, 15) is 0 Å². The first-order chi connectivity index (χ1) is 9.01. The maximum atomic E-state index is 6.25. The van der Waals surface area contributed by atoms with Crippen molar-refractivity contribution in [1.29, 1.82) is 0 Å². The standard InChI is InChI=1S/C16H32N2S/c1-4-14-6-5-8-18(9-7-14)16(11-17)10-15(2,3)12-19-13-16/h14H,4-13,17H2,1-3H3. The van der Waals surface area contributed by atoms with Gasteiger partial charge in [-0.15, -0.1) is 0 Å². The average molecular weight is 285 g/mol. The first-order valence-corrected chi connectivity index (χ1v) is 9.20. The molecule has 0 radical (unpaired) electrons. The maximum absolute atomic E-state index is 6.25. The highest BCUT2D eigenvalue weighted by atomic mass is 32.2. The fourth-order valence-electron chi connectivity index (χ4n) is 4.02. The molecule has 2 rings (SSSR count). The van der Waals surface area contributed by atoms with Crippen LogP contribution in [-0.2, 0) is 0 Å². The Bertz CT molecular complexity index is 292. The minimum absolute atomic E-state index is 0.273. The molecule has 0 aromatic rings. The van der Waals surface area contributed by atoms with E-state index < -0.39 is 0 Å². The summed E-state index contributed by atoms with van der Waals surface area (Å²) < 4.78 is 0. The number of hydrogen-bond donors (Lipinski definition) is 1. The molecule has 0 aromatic heterocycles. The van der Waals surface area contributed by atoms with Crippen LogP contribution >= 0.6 is 11.8 Å². The molecule has 3 heteroatoms. The van der Waals surface area contributed by atoms with E-state index in [-0.39, 0.29) is 5.54 Å². The van der Waals surface area contributed by atoms with Gasteiger partial charge in [0.2, 0.25) is 0 Å². The third kappa shape index (κ3) is 3.68. The molecule has 2 nitrogen and oxygen atoms in total. The molecule has 2 unspecified atom stereocenters. The van der Waals surface area contributed by atoms with Crippen LogP contribution in [0, 0.1) is 11.3 Å². The molecular weight excluding hydrogens is 252 g/mol. The predicted octanol–water partition coefficient (Wildman–Crippen LogP) is 3.36. The molecule has 0 saturated carbocycles. The van der Waals surface area contributed by atoms with Gasteiger partial charge in [-0.2, -0.15) is 11.8 Å². The van der Waals surface area contributed by atoms with Gasteiger partial charge in [0.1, 0.15) is 0 Å². The zero-order chi connectivity index (χ0) is 13.9. The van der Waals surface area contributed by atoms with Gasteiger partial charge >= 0.3 is 0 Å². The lowest BCUT2D eigenvalue weighted by Crippen LogP contribution is -2.60. The predicted molar refractivity (Wildman–Crippen MR) is 86.7 cm³/mol. The maximum Gasteiger partial charge on any atom is 0.0427 e. The van der Waals surface area contributed by atoms with Gasteiger partial charge in [0.15, 0.2) is 0 Å². The molecule has 2 aliphatic heterocycles. The molecule has 2 fully saturated rings. The number of nitrogens with two attached hydrogens (primary N) is 1. The minimum atomic E-state index is 0.273. The molecule has 19 heavy (non-hydrogen) atoms. The SMILES string of the molecule is CCC1CCCN(C2(CN)CSCC(C)(C)C2)CC1. The van der Waals surface area contributed by atoms with Crippen LogP contribution in [0.1, 0.15) is 52.9 Å². The lowest BCUT2D eigenvalue weighted by molar-refractivity contribution is 0.0706. The molecule has 0 spiro atoms. The van der Waals surface area contributed by atoms with Gasteiger partial charge in [0.25, 0.3) is 0 Å². The third-order valence-corrected chi connectivity index (χ3v) is 6.87. The zero-order valence-corrected chi connectivity index (χ0v) is 13.9. The fourth-order valence-corrected chi connectivity index (χ4v) is 5.56. The molecule has 0 amide bonds. The highest BCUT2D eigenvalue weighted by Crippen LogP contribution is 2.42. The second kappa shape index (κ2) is 6.36. The van der Waals surface area contributed by atoms with E-state index in [4.69, 9.17) is 5.73 Å². The lowest BCUT2D eigenvalue weighted by atomic mass is 9.78. The molecule has 2 aliphatic rings. The number of thioether (sulfide) groups is 1. The minimum Gasteiger partial charge on any atom is -0.329 e. The lowest BCUT2D eigenvalue weighted by Gasteiger charge is -2.50. The molecular formula is C16H32N2S. The average Bonchev–Trinajstić information content (AvgIpc) is 2.63. The quantitative estimate of drug-likeness (QED) is 0.861. The van der Waals surface area contributed by atoms with Crippen LogP contribution in [0.2, 0.25) is 0 Å². The van der Waals surface area contributed by atoms with Gasteiger partial charge in [-0.05, 0) is 55.9 Å². The molecule has 2 N–H and O–H groups in total. The second-order valence-corrected chi connectivity index (χ2v) is 8.44. The van der Waals surface area contributed by atoms with Gasteiger partial charge in [0, 0.05) is 17.8 Å². The Labute approximate surface area is 123 Å². The van der Waals surface area contributed by atoms with E-state index in [1.807, 2.05) is 0 Å². The monoisotopic (exact) mass is 284 g/mol. The summed E-state index contributed by atoms with van der Waals surface area (Å²) in [5.41, 5.74) is 6.97. The Kier molecular flexibility index (Phi) is 5.24. The number of likely N-dealkylation sites (tertiary alicyclic amines) is 1. The smallest absolute Gasteiger partial charge is 0.0427 e. The highest BCUT2D eigenvalue weighted by molar-refractivity contribution is 7.99. The van der Waals surface area contributed by atoms with Crippen LogP contribution in [0.3, 0.4) is 0 Å². The molecule has 112 valence electrons. The van der Waals surface area contributed by atoms with Crippen molar-refractivity contribution in [3.63, 3.8) is 0 Å². The normalized spacial score (nSPS) is 36.9. The molecule has 0 aliphatic carbocycles. The van der Waals surface area contributed by atoms with Crippen molar-refractivity contribution in [3.05, 3.63) is 0 Å². The van der Waals surface area contributed by atoms with Crippen LogP contribution < -0.4 is 5.73 Å². The van der Waals surface area contributed by atoms with Gasteiger partial charge in [-0.1, -0.05) is 27.2 Å². The van der Waals surface area contributed by atoms with Crippen molar-refractivity contribution in [1.82, 2.24) is 4.90 Å². The van der Waals surface area contributed by atoms with Crippen LogP contribution in [0.15, 0.2) is 0 Å². The number of nitrogens with zero attached hydrogens (tertiary/aromatic N) is 1. The molecule has 2 saturated heterocycles. The van der Waals surface area contributed by atoms with Gasteiger partial charge < -0.3 is 5.73 Å². The Morgan fingerprint density at radius 2 is 2.00 bits per heavy atom. The summed E-state index contributed by atoms with van der Waals surface area (Å²) in [4.78, 5) is 2.76. The van der Waals surface area contributed by atoms with E-state index in [0.717, 1.165) is 12.5 Å². The summed E-state index contributed by atoms with van der Waals surface area (Å²) >= 11 is 2.12. The Hall–Kier alpha value is 0.270. The summed E-state index contributed by atoms with van der Waals surface area (Å²) in [6, 6.07) is 0. The molecule has 0 aromatic carbocycles. The third-order valence-electron chi connectivity index (χ3n) is 5.15. The van der Waals surface area contributed by atoms with Gasteiger partial charge in [-0.25, -0.2) is 0 Å². The van der Waals surface area contributed by atoms with E-state index in [2.05, 4.69) is 37.4 Å². The Balaban J connectivity index is 2.08. The topological polar surface area (TPSA) is 29.3 Å². The van der Waals surface area contributed by atoms with E-state index in [0.29, 0.717) is 5.41 Å². The van der Waals surface area contributed by atoms with Crippen molar-refractivity contribution in [3.8, 4) is 0 Å². The molecule has 2 atom stereocenters. The van der Waals surface area contributed by atoms with Crippen LogP contribution in [-0.4, -0.2) is 41.6 Å². The first-order valence-electron chi connectivity index (χ1n) is 8.04. The first kappa shape index (κ1) is 15.7. The fraction of sp³-hybridized carbons (Fsp3) is 1.00. The van der Waals surface area contributed by atoms with Gasteiger partial charge in [0.05, 0.1) is 0 Å². The van der Waals surface area contributed by atoms with Crippen molar-refractivity contribution in [2.45, 2.75) is 58.4 Å². The Morgan fingerprint density at radius 1 is 1.21 bits per heavy atom. The van der Waals surface area contributed by atoms with Crippen LogP contribution in [0.25, 0.3) is 0 Å². The van der Waals surface area contributed by atoms with Crippen molar-refractivity contribution in [2.24, 2.45) is 17.1 Å². The zero-order valence-electron chi connectivity index (χ0n) is 13.1. The summed E-state index contributed by atoms with van der Waals surface area (Å²) in [7, 11) is 0. The summed E-state index contributed by atoms with van der Waals surface area (Å²) in [6.45, 7) is 10.5. The van der Waals surface area contributed by atoms with Crippen molar-refractivity contribution >= 4 is 11.8 Å². The van der Waals surface area contributed by atoms with E-state index in [1.54, 1.807) is 0 Å². The summed E-state index contributed by atoms with van der Waals surface area (Å²) in [6.07, 6.45) is 6.79. The summed E-state index contributed by atoms with van der Waals surface area (Å²) in [5, 5.41) is 0.